The number of anilines is 2. The number of esters is 1. The maximum absolute atomic E-state index is 15.1. The number of piperidine rings is 1. The Kier molecular flexibility index (Phi) is 11.3. The first-order chi connectivity index (χ1) is 27.7. The molecule has 0 aliphatic carbocycles. The zero-order valence-electron chi connectivity index (χ0n) is 32.8. The Morgan fingerprint density at radius 3 is 2.31 bits per heavy atom. The van der Waals surface area contributed by atoms with Crippen molar-refractivity contribution in [2.75, 3.05) is 36.9 Å². The zero-order valence-corrected chi connectivity index (χ0v) is 32.8. The molecule has 2 N–H and O–H groups in total. The van der Waals surface area contributed by atoms with Crippen molar-refractivity contribution in [1.82, 2.24) is 24.6 Å². The molecule has 2 aromatic heterocycles. The fourth-order valence-electron chi connectivity index (χ4n) is 7.77. The van der Waals surface area contributed by atoms with E-state index in [9.17, 15) is 9.59 Å². The van der Waals surface area contributed by atoms with Crippen LogP contribution in [0, 0.1) is 26.2 Å². The first-order valence-electron chi connectivity index (χ1n) is 19.2. The number of benzene rings is 3. The predicted octanol–water partition coefficient (Wildman–Crippen LogP) is 8.08. The Morgan fingerprint density at radius 2 is 1.64 bits per heavy atom. The van der Waals surface area contributed by atoms with Crippen LogP contribution in [-0.4, -0.2) is 75.2 Å². The summed E-state index contributed by atoms with van der Waals surface area (Å²) in [6.07, 6.45) is -4.79. The summed E-state index contributed by atoms with van der Waals surface area (Å²) in [5, 5.41) is 4.45. The van der Waals surface area contributed by atoms with Gasteiger partial charge < -0.3 is 24.8 Å². The Morgan fingerprint density at radius 1 is 0.914 bits per heavy atom. The Bertz CT molecular complexity index is 2270. The van der Waals surface area contributed by atoms with Gasteiger partial charge in [-0.1, -0.05) is 60.7 Å². The molecule has 2 aliphatic rings. The molecule has 2 saturated heterocycles. The number of alkyl halides is 3. The fraction of sp³-hybridized carbons (Fsp3) is 0.372. The van der Waals surface area contributed by atoms with E-state index in [1.807, 2.05) is 67.3 Å². The van der Waals surface area contributed by atoms with Gasteiger partial charge in [-0.25, -0.2) is 14.3 Å². The number of nitrogens with two attached hydrogens (primary N) is 1. The highest BCUT2D eigenvalue weighted by molar-refractivity contribution is 5.82. The Hall–Kier alpha value is -6.12. The molecule has 5 aromatic rings. The SMILES string of the molecule is CCOC(=O)C1CC2(CCN(c3cc(O[C@H](c4ccc(-c5ccc(C)c(C)c5)cc4-n4ccc(C)n4)C(F)(F)F)nc(N)n3)CC2)CN1C(=O)OCc1ccccc1. The number of ether oxygens (including phenoxy) is 3. The maximum atomic E-state index is 15.1. The summed E-state index contributed by atoms with van der Waals surface area (Å²) in [4.78, 5) is 38.2. The Balaban J connectivity index is 1.11. The van der Waals surface area contributed by atoms with E-state index >= 15 is 13.2 Å². The minimum atomic E-state index is -4.86. The largest absolute Gasteiger partial charge is 0.464 e. The van der Waals surface area contributed by atoms with E-state index in [-0.39, 0.29) is 42.8 Å². The number of carbonyl (C=O) groups excluding carboxylic acids is 2. The number of nitrogen functional groups attached to an aromatic ring is 1. The van der Waals surface area contributed by atoms with Crippen LogP contribution in [0.3, 0.4) is 0 Å². The quantitative estimate of drug-likeness (QED) is 0.138. The third kappa shape index (κ3) is 8.72. The zero-order chi connectivity index (χ0) is 41.2. The highest BCUT2D eigenvalue weighted by Gasteiger charge is 2.51. The first-order valence-corrected chi connectivity index (χ1v) is 19.2. The average molecular weight is 798 g/mol. The number of rotatable bonds is 10. The summed E-state index contributed by atoms with van der Waals surface area (Å²) < 4.78 is 63.4. The lowest BCUT2D eigenvalue weighted by atomic mass is 9.76. The van der Waals surface area contributed by atoms with Gasteiger partial charge in [0.25, 0.3) is 0 Å². The molecule has 1 unspecified atom stereocenters. The number of hydrogen-bond donors (Lipinski definition) is 1. The molecule has 2 aliphatic heterocycles. The molecule has 15 heteroatoms. The smallest absolute Gasteiger partial charge is 0.429 e. The summed E-state index contributed by atoms with van der Waals surface area (Å²) in [6, 6.07) is 22.2. The van der Waals surface area contributed by atoms with Crippen molar-refractivity contribution in [3.05, 3.63) is 113 Å². The standard InChI is InChI=1S/C43H46F3N7O5/c1-5-56-39(54)35-24-42(26-52(35)41(55)57-25-30-9-7-6-8-10-30)16-19-51(20-17-42)36-23-37(49-40(47)48-36)58-38(43(44,45)46)33-14-13-32(31-12-11-27(2)28(3)21-31)22-34(33)53-18-15-29(4)50-53/h6-15,18,21-23,35,38H,5,16-17,19-20,24-26H2,1-4H3,(H2,47,48,49)/t35?,38-/m1/s1. The van der Waals surface area contributed by atoms with Crippen LogP contribution >= 0.6 is 0 Å². The van der Waals surface area contributed by atoms with Crippen molar-refractivity contribution >= 4 is 23.8 Å². The molecular weight excluding hydrogens is 752 g/mol. The van der Waals surface area contributed by atoms with Gasteiger partial charge in [-0.2, -0.15) is 28.2 Å². The van der Waals surface area contributed by atoms with E-state index in [2.05, 4.69) is 15.1 Å². The lowest BCUT2D eigenvalue weighted by Crippen LogP contribution is -2.43. The van der Waals surface area contributed by atoms with E-state index in [4.69, 9.17) is 19.9 Å². The van der Waals surface area contributed by atoms with Crippen LogP contribution < -0.4 is 15.4 Å². The minimum Gasteiger partial charge on any atom is -0.464 e. The summed E-state index contributed by atoms with van der Waals surface area (Å²) in [5.41, 5.74) is 10.9. The van der Waals surface area contributed by atoms with Gasteiger partial charge >= 0.3 is 18.2 Å². The van der Waals surface area contributed by atoms with Crippen LogP contribution in [0.5, 0.6) is 5.88 Å². The van der Waals surface area contributed by atoms with Crippen LogP contribution in [0.15, 0.2) is 85.1 Å². The molecule has 12 nitrogen and oxygen atoms in total. The highest BCUT2D eigenvalue weighted by Crippen LogP contribution is 2.45. The number of hydrogen-bond acceptors (Lipinski definition) is 10. The van der Waals surface area contributed by atoms with Gasteiger partial charge in [-0.05, 0) is 92.3 Å². The van der Waals surface area contributed by atoms with Crippen molar-refractivity contribution < 1.29 is 37.0 Å². The van der Waals surface area contributed by atoms with E-state index in [0.717, 1.165) is 27.8 Å². The minimum absolute atomic E-state index is 0.0594. The molecule has 4 heterocycles. The van der Waals surface area contributed by atoms with Gasteiger partial charge in [-0.15, -0.1) is 0 Å². The summed E-state index contributed by atoms with van der Waals surface area (Å²) in [6.45, 7) is 8.81. The van der Waals surface area contributed by atoms with Gasteiger partial charge in [0.05, 0.1) is 18.0 Å². The number of amides is 1. The first kappa shape index (κ1) is 40.1. The molecule has 1 spiro atoms. The van der Waals surface area contributed by atoms with Crippen molar-refractivity contribution in [2.24, 2.45) is 5.41 Å². The number of carbonyl (C=O) groups is 2. The molecule has 304 valence electrons. The second-order valence-electron chi connectivity index (χ2n) is 15.1. The molecule has 3 aromatic carbocycles. The predicted molar refractivity (Wildman–Crippen MR) is 211 cm³/mol. The molecule has 2 fully saturated rings. The number of aryl methyl sites for hydroxylation is 3. The van der Waals surface area contributed by atoms with Crippen LogP contribution in [0.25, 0.3) is 16.8 Å². The van der Waals surface area contributed by atoms with E-state index in [1.54, 1.807) is 38.2 Å². The highest BCUT2D eigenvalue weighted by atomic mass is 19.4. The normalized spacial score (nSPS) is 17.0. The van der Waals surface area contributed by atoms with E-state index in [1.165, 1.54) is 21.7 Å². The number of likely N-dealkylation sites (tertiary alicyclic amines) is 1. The fourth-order valence-corrected chi connectivity index (χ4v) is 7.77. The van der Waals surface area contributed by atoms with Crippen LogP contribution in [0.1, 0.15) is 60.2 Å². The molecule has 0 saturated carbocycles. The number of aromatic nitrogens is 4. The summed E-state index contributed by atoms with van der Waals surface area (Å²) in [5.74, 6) is -0.794. The monoisotopic (exact) mass is 797 g/mol. The molecule has 58 heavy (non-hydrogen) atoms. The summed E-state index contributed by atoms with van der Waals surface area (Å²) in [7, 11) is 0. The van der Waals surface area contributed by atoms with Gasteiger partial charge in [0.1, 0.15) is 18.5 Å². The molecule has 2 atom stereocenters. The lowest BCUT2D eigenvalue weighted by molar-refractivity contribution is -0.198. The van der Waals surface area contributed by atoms with Crippen LogP contribution in [0.2, 0.25) is 0 Å². The van der Waals surface area contributed by atoms with Gasteiger partial charge in [-0.3, -0.25) is 4.90 Å². The summed E-state index contributed by atoms with van der Waals surface area (Å²) >= 11 is 0. The Labute approximate surface area is 334 Å². The van der Waals surface area contributed by atoms with Crippen molar-refractivity contribution in [3.8, 4) is 22.7 Å². The van der Waals surface area contributed by atoms with Crippen molar-refractivity contribution in [3.63, 3.8) is 0 Å². The maximum Gasteiger partial charge on any atom is 0.429 e. The molecule has 0 bridgehead atoms. The van der Waals surface area contributed by atoms with Crippen LogP contribution in [-0.2, 0) is 20.9 Å². The topological polar surface area (TPSA) is 138 Å². The molecule has 0 radical (unpaired) electrons. The van der Waals surface area contributed by atoms with Gasteiger partial charge in [0.2, 0.25) is 17.9 Å². The molecular formula is C43H46F3N7O5. The second-order valence-corrected chi connectivity index (χ2v) is 15.1. The van der Waals surface area contributed by atoms with Crippen molar-refractivity contribution in [1.29, 1.82) is 0 Å². The lowest BCUT2D eigenvalue weighted by Gasteiger charge is -2.39. The van der Waals surface area contributed by atoms with Gasteiger partial charge in [0, 0.05) is 37.5 Å². The molecule has 1 amide bonds. The van der Waals surface area contributed by atoms with E-state index < -0.39 is 35.8 Å². The number of nitrogens with zero attached hydrogens (tertiary/aromatic N) is 6. The third-order valence-electron chi connectivity index (χ3n) is 11.0. The van der Waals surface area contributed by atoms with Gasteiger partial charge in [0.15, 0.2) is 0 Å². The second kappa shape index (κ2) is 16.4. The number of halogens is 3. The third-order valence-corrected chi connectivity index (χ3v) is 11.0. The average Bonchev–Trinajstić information content (AvgIpc) is 3.81. The van der Waals surface area contributed by atoms with Crippen LogP contribution in [0.4, 0.5) is 29.7 Å². The molecule has 7 rings (SSSR count). The van der Waals surface area contributed by atoms with Crippen molar-refractivity contribution in [2.45, 2.75) is 71.9 Å². The van der Waals surface area contributed by atoms with E-state index in [0.29, 0.717) is 43.9 Å².